The number of sulfonamides is 1. The number of nitrogen functional groups attached to an aromatic ring is 1. The van der Waals surface area contributed by atoms with Gasteiger partial charge in [-0.15, -0.1) is 0 Å². The smallest absolute Gasteiger partial charge is 0.264 e. The lowest BCUT2D eigenvalue weighted by Gasteiger charge is -2.12. The molecule has 1 aromatic heterocycles. The van der Waals surface area contributed by atoms with Crippen LogP contribution in [-0.4, -0.2) is 13.4 Å². The van der Waals surface area contributed by atoms with Crippen LogP contribution in [-0.2, 0) is 10.0 Å². The van der Waals surface area contributed by atoms with Crippen LogP contribution in [0.4, 0.5) is 11.4 Å². The molecule has 0 unspecified atom stereocenters. The van der Waals surface area contributed by atoms with Gasteiger partial charge in [0.25, 0.3) is 10.0 Å². The lowest BCUT2D eigenvalue weighted by atomic mass is 10.3. The molecule has 20 heavy (non-hydrogen) atoms. The maximum Gasteiger partial charge on any atom is 0.264 e. The predicted molar refractivity (Wildman–Crippen MR) is 89.0 cm³/mol. The van der Waals surface area contributed by atoms with Gasteiger partial charge in [-0.25, -0.2) is 8.42 Å². The fourth-order valence-electron chi connectivity index (χ4n) is 1.49. The molecule has 0 aliphatic carbocycles. The third-order valence-electron chi connectivity index (χ3n) is 2.31. The number of benzene rings is 1. The zero-order valence-electron chi connectivity index (χ0n) is 9.77. The number of pyridine rings is 1. The first-order chi connectivity index (χ1) is 9.31. The van der Waals surface area contributed by atoms with Gasteiger partial charge in [0.05, 0.1) is 10.2 Å². The van der Waals surface area contributed by atoms with Crippen LogP contribution in [0.25, 0.3) is 0 Å². The van der Waals surface area contributed by atoms with Gasteiger partial charge < -0.3 is 5.73 Å². The highest BCUT2D eigenvalue weighted by atomic mass is 79.9. The maximum absolute atomic E-state index is 12.5. The van der Waals surface area contributed by atoms with Gasteiger partial charge in [-0.3, -0.25) is 9.71 Å². The van der Waals surface area contributed by atoms with Crippen molar-refractivity contribution in [1.29, 1.82) is 0 Å². The number of anilines is 2. The van der Waals surface area contributed by atoms with Crippen LogP contribution in [0, 0.1) is 0 Å². The second-order valence-electron chi connectivity index (χ2n) is 3.77. The molecule has 2 rings (SSSR count). The summed E-state index contributed by atoms with van der Waals surface area (Å²) in [5.74, 6) is 0. The Morgan fingerprint density at radius 2 is 1.70 bits per heavy atom. The summed E-state index contributed by atoms with van der Waals surface area (Å²) in [5, 5.41) is 0. The number of nitrogens with one attached hydrogen (secondary N) is 1. The van der Waals surface area contributed by atoms with Crippen molar-refractivity contribution in [3.05, 3.63) is 44.0 Å². The lowest BCUT2D eigenvalue weighted by Crippen LogP contribution is -2.15. The van der Waals surface area contributed by atoms with Crippen LogP contribution in [0.3, 0.4) is 0 Å². The van der Waals surface area contributed by atoms with E-state index in [4.69, 9.17) is 5.73 Å². The van der Waals surface area contributed by atoms with Gasteiger partial charge in [-0.05, 0) is 66.0 Å². The summed E-state index contributed by atoms with van der Waals surface area (Å²) >= 11 is 9.66. The van der Waals surface area contributed by atoms with E-state index in [2.05, 4.69) is 57.5 Å². The van der Waals surface area contributed by atoms with E-state index in [9.17, 15) is 8.42 Å². The summed E-state index contributed by atoms with van der Waals surface area (Å²) in [4.78, 5) is 3.96. The second-order valence-corrected chi connectivity index (χ2v) is 7.96. The van der Waals surface area contributed by atoms with Crippen molar-refractivity contribution in [2.75, 3.05) is 10.5 Å². The minimum atomic E-state index is -3.77. The first-order valence-electron chi connectivity index (χ1n) is 5.18. The minimum absolute atomic E-state index is 0.0791. The average molecular weight is 486 g/mol. The number of nitrogens with zero attached hydrogens (tertiary/aromatic N) is 1. The number of aromatic nitrogens is 1. The molecule has 1 aromatic carbocycles. The van der Waals surface area contributed by atoms with Crippen molar-refractivity contribution >= 4 is 69.2 Å². The van der Waals surface area contributed by atoms with Gasteiger partial charge in [0.1, 0.15) is 4.90 Å². The molecule has 0 atom stereocenters. The monoisotopic (exact) mass is 483 g/mol. The van der Waals surface area contributed by atoms with E-state index in [1.807, 2.05) is 0 Å². The van der Waals surface area contributed by atoms with Gasteiger partial charge >= 0.3 is 0 Å². The van der Waals surface area contributed by atoms with Crippen molar-refractivity contribution < 1.29 is 8.42 Å². The van der Waals surface area contributed by atoms with E-state index in [1.54, 1.807) is 6.07 Å². The summed E-state index contributed by atoms with van der Waals surface area (Å²) in [5.41, 5.74) is 6.51. The quantitative estimate of drug-likeness (QED) is 0.648. The highest BCUT2D eigenvalue weighted by Gasteiger charge is 2.22. The first kappa shape index (κ1) is 15.7. The third-order valence-corrected chi connectivity index (χ3v) is 6.18. The Hall–Kier alpha value is -0.640. The Morgan fingerprint density at radius 3 is 2.25 bits per heavy atom. The van der Waals surface area contributed by atoms with Gasteiger partial charge in [0.2, 0.25) is 0 Å². The Balaban J connectivity index is 2.50. The molecule has 0 bridgehead atoms. The van der Waals surface area contributed by atoms with Crippen molar-refractivity contribution in [2.45, 2.75) is 4.90 Å². The van der Waals surface area contributed by atoms with Gasteiger partial charge in [-0.2, -0.15) is 0 Å². The van der Waals surface area contributed by atoms with Crippen molar-refractivity contribution in [3.63, 3.8) is 0 Å². The van der Waals surface area contributed by atoms with Crippen LogP contribution in [0.5, 0.6) is 0 Å². The molecule has 0 amide bonds. The summed E-state index contributed by atoms with van der Waals surface area (Å²) in [7, 11) is -3.77. The van der Waals surface area contributed by atoms with E-state index >= 15 is 0 Å². The second kappa shape index (κ2) is 6.00. The van der Waals surface area contributed by atoms with Crippen LogP contribution in [0.15, 0.2) is 48.9 Å². The zero-order valence-corrected chi connectivity index (χ0v) is 15.3. The van der Waals surface area contributed by atoms with Crippen molar-refractivity contribution in [2.24, 2.45) is 0 Å². The lowest BCUT2D eigenvalue weighted by molar-refractivity contribution is 0.600. The molecule has 3 N–H and O–H groups in total. The number of hydrogen-bond acceptors (Lipinski definition) is 4. The van der Waals surface area contributed by atoms with Gasteiger partial charge in [0.15, 0.2) is 0 Å². The molecule has 0 aliphatic heterocycles. The number of hydrogen-bond donors (Lipinski definition) is 2. The fraction of sp³-hybridized carbons (Fsp3) is 0. The zero-order chi connectivity index (χ0) is 14.9. The molecule has 0 saturated heterocycles. The number of rotatable bonds is 3. The largest absolute Gasteiger partial charge is 0.399 e. The Kier molecular flexibility index (Phi) is 4.73. The van der Waals surface area contributed by atoms with E-state index in [-0.39, 0.29) is 4.90 Å². The molecular weight excluding hydrogens is 478 g/mol. The summed E-state index contributed by atoms with van der Waals surface area (Å²) in [6, 6.07) is 4.61. The Bertz CT molecular complexity index is 742. The Morgan fingerprint density at radius 1 is 1.10 bits per heavy atom. The van der Waals surface area contributed by atoms with E-state index in [0.29, 0.717) is 24.8 Å². The molecule has 5 nitrogen and oxygen atoms in total. The summed E-state index contributed by atoms with van der Waals surface area (Å²) in [6.07, 6.45) is 3.00. The third kappa shape index (κ3) is 3.33. The van der Waals surface area contributed by atoms with E-state index < -0.39 is 10.0 Å². The van der Waals surface area contributed by atoms with Crippen molar-refractivity contribution in [1.82, 2.24) is 4.98 Å². The molecule has 2 aromatic rings. The predicted octanol–water partition coefficient (Wildman–Crippen LogP) is 3.75. The molecular formula is C11H8Br3N3O2S. The highest BCUT2D eigenvalue weighted by molar-refractivity contribution is 9.11. The topological polar surface area (TPSA) is 85.1 Å². The molecule has 9 heteroatoms. The van der Waals surface area contributed by atoms with Crippen LogP contribution in [0.2, 0.25) is 0 Å². The normalized spacial score (nSPS) is 11.3. The van der Waals surface area contributed by atoms with Crippen LogP contribution < -0.4 is 10.5 Å². The molecule has 0 saturated carbocycles. The highest BCUT2D eigenvalue weighted by Crippen LogP contribution is 2.34. The van der Waals surface area contributed by atoms with Crippen LogP contribution >= 0.6 is 47.8 Å². The van der Waals surface area contributed by atoms with Gasteiger partial charge in [0, 0.05) is 27.0 Å². The summed E-state index contributed by atoms with van der Waals surface area (Å²) in [6.45, 7) is 0. The summed E-state index contributed by atoms with van der Waals surface area (Å²) < 4.78 is 28.7. The molecule has 0 aliphatic rings. The average Bonchev–Trinajstić information content (AvgIpc) is 2.30. The SMILES string of the molecule is Nc1cc(Br)c(S(=O)(=O)Nc2ccncc2Br)c(Br)c1. The molecule has 0 spiro atoms. The minimum Gasteiger partial charge on any atom is -0.399 e. The number of halogens is 3. The molecule has 106 valence electrons. The van der Waals surface area contributed by atoms with E-state index in [0.717, 1.165) is 0 Å². The van der Waals surface area contributed by atoms with Crippen LogP contribution in [0.1, 0.15) is 0 Å². The van der Waals surface area contributed by atoms with Gasteiger partial charge in [-0.1, -0.05) is 0 Å². The standard InChI is InChI=1S/C11H8Br3N3O2S/c12-7-3-6(15)4-8(13)11(7)20(18,19)17-10-1-2-16-5-9(10)14/h1-5H,15H2,(H,16,17). The molecule has 0 radical (unpaired) electrons. The first-order valence-corrected chi connectivity index (χ1v) is 9.04. The molecule has 1 heterocycles. The Labute approximate surface area is 141 Å². The number of nitrogens with two attached hydrogens (primary N) is 1. The maximum atomic E-state index is 12.5. The van der Waals surface area contributed by atoms with Crippen molar-refractivity contribution in [3.8, 4) is 0 Å². The van der Waals surface area contributed by atoms with E-state index in [1.165, 1.54) is 24.5 Å². The molecule has 0 fully saturated rings. The fourth-order valence-corrected chi connectivity index (χ4v) is 5.67.